The quantitative estimate of drug-likeness (QED) is 0.725. The number of hydrogen-bond acceptors (Lipinski definition) is 3. The van der Waals surface area contributed by atoms with Crippen LogP contribution in [0.15, 0.2) is 54.6 Å². The van der Waals surface area contributed by atoms with Crippen LogP contribution in [-0.2, 0) is 10.5 Å². The predicted octanol–water partition coefficient (Wildman–Crippen LogP) is 2.77. The molecule has 2 aromatic carbocycles. The standard InChI is InChI=1S/C19H22N2O2S/c1-15-7-9-16(10-8-15)13-24-14-18(22)20-11-12-21-19(23)17-5-3-2-4-6-17/h2-10H,11-14H2,1H3,(H,20,22)(H,21,23). The lowest BCUT2D eigenvalue weighted by Gasteiger charge is -2.07. The maximum Gasteiger partial charge on any atom is 0.251 e. The highest BCUT2D eigenvalue weighted by molar-refractivity contribution is 7.99. The van der Waals surface area contributed by atoms with Crippen molar-refractivity contribution >= 4 is 23.6 Å². The summed E-state index contributed by atoms with van der Waals surface area (Å²) in [4.78, 5) is 23.6. The first-order chi connectivity index (χ1) is 11.6. The third-order valence-electron chi connectivity index (χ3n) is 3.39. The van der Waals surface area contributed by atoms with Crippen molar-refractivity contribution in [2.75, 3.05) is 18.8 Å². The van der Waals surface area contributed by atoms with E-state index >= 15 is 0 Å². The van der Waals surface area contributed by atoms with Crippen LogP contribution in [0.4, 0.5) is 0 Å². The maximum absolute atomic E-state index is 11.8. The molecule has 126 valence electrons. The minimum Gasteiger partial charge on any atom is -0.354 e. The van der Waals surface area contributed by atoms with E-state index < -0.39 is 0 Å². The number of nitrogens with one attached hydrogen (secondary N) is 2. The zero-order valence-electron chi connectivity index (χ0n) is 13.7. The van der Waals surface area contributed by atoms with Gasteiger partial charge in [0.1, 0.15) is 0 Å². The number of benzene rings is 2. The highest BCUT2D eigenvalue weighted by Crippen LogP contribution is 2.12. The molecule has 0 heterocycles. The van der Waals surface area contributed by atoms with Crippen molar-refractivity contribution < 1.29 is 9.59 Å². The molecule has 2 amide bonds. The van der Waals surface area contributed by atoms with E-state index in [1.165, 1.54) is 11.1 Å². The molecule has 0 aliphatic heterocycles. The minimum absolute atomic E-state index is 0.0129. The SMILES string of the molecule is Cc1ccc(CSCC(=O)NCCNC(=O)c2ccccc2)cc1. The molecule has 0 saturated heterocycles. The van der Waals surface area contributed by atoms with E-state index in [0.717, 1.165) is 5.75 Å². The van der Waals surface area contributed by atoms with Crippen molar-refractivity contribution in [3.8, 4) is 0 Å². The number of hydrogen-bond donors (Lipinski definition) is 2. The van der Waals surface area contributed by atoms with Crippen molar-refractivity contribution in [2.24, 2.45) is 0 Å². The summed E-state index contributed by atoms with van der Waals surface area (Å²) in [6.45, 7) is 2.91. The second-order valence-electron chi connectivity index (χ2n) is 5.45. The van der Waals surface area contributed by atoms with Gasteiger partial charge in [0.25, 0.3) is 5.91 Å². The Morgan fingerprint density at radius 1 is 0.917 bits per heavy atom. The Morgan fingerprint density at radius 2 is 1.58 bits per heavy atom. The van der Waals surface area contributed by atoms with Crippen LogP contribution in [0.2, 0.25) is 0 Å². The number of rotatable bonds is 8. The summed E-state index contributed by atoms with van der Waals surface area (Å²) in [5, 5.41) is 5.59. The molecular formula is C19H22N2O2S. The topological polar surface area (TPSA) is 58.2 Å². The molecule has 0 spiro atoms. The van der Waals surface area contributed by atoms with E-state index in [1.807, 2.05) is 18.2 Å². The lowest BCUT2D eigenvalue weighted by Crippen LogP contribution is -2.35. The van der Waals surface area contributed by atoms with Crippen molar-refractivity contribution in [1.29, 1.82) is 0 Å². The maximum atomic E-state index is 11.8. The summed E-state index contributed by atoms with van der Waals surface area (Å²) in [6, 6.07) is 17.3. The van der Waals surface area contributed by atoms with Crippen LogP contribution in [0.25, 0.3) is 0 Å². The van der Waals surface area contributed by atoms with E-state index in [2.05, 4.69) is 41.8 Å². The first-order valence-corrected chi connectivity index (χ1v) is 9.04. The van der Waals surface area contributed by atoms with Gasteiger partial charge in [-0.1, -0.05) is 48.0 Å². The molecule has 2 aromatic rings. The number of thioether (sulfide) groups is 1. The summed E-state index contributed by atoms with van der Waals surface area (Å²) >= 11 is 1.58. The second kappa shape index (κ2) is 9.78. The fraction of sp³-hybridized carbons (Fsp3) is 0.263. The summed E-state index contributed by atoms with van der Waals surface area (Å²) in [5.41, 5.74) is 3.07. The van der Waals surface area contributed by atoms with Gasteiger partial charge in [0.15, 0.2) is 0 Å². The lowest BCUT2D eigenvalue weighted by molar-refractivity contribution is -0.118. The molecule has 0 atom stereocenters. The molecule has 5 heteroatoms. The lowest BCUT2D eigenvalue weighted by atomic mass is 10.2. The smallest absolute Gasteiger partial charge is 0.251 e. The predicted molar refractivity (Wildman–Crippen MR) is 99.1 cm³/mol. The van der Waals surface area contributed by atoms with Gasteiger partial charge in [-0.25, -0.2) is 0 Å². The summed E-state index contributed by atoms with van der Waals surface area (Å²) in [7, 11) is 0. The average molecular weight is 342 g/mol. The Labute approximate surface area is 147 Å². The monoisotopic (exact) mass is 342 g/mol. The molecule has 2 N–H and O–H groups in total. The zero-order valence-corrected chi connectivity index (χ0v) is 14.6. The van der Waals surface area contributed by atoms with Gasteiger partial charge in [-0.3, -0.25) is 9.59 Å². The first-order valence-electron chi connectivity index (χ1n) is 7.88. The van der Waals surface area contributed by atoms with Crippen LogP contribution < -0.4 is 10.6 Å². The normalized spacial score (nSPS) is 10.2. The molecule has 0 radical (unpaired) electrons. The van der Waals surface area contributed by atoms with E-state index in [0.29, 0.717) is 24.4 Å². The molecule has 0 saturated carbocycles. The summed E-state index contributed by atoms with van der Waals surface area (Å²) < 4.78 is 0. The van der Waals surface area contributed by atoms with Crippen molar-refractivity contribution in [3.63, 3.8) is 0 Å². The summed E-state index contributed by atoms with van der Waals surface area (Å²) in [6.07, 6.45) is 0. The Morgan fingerprint density at radius 3 is 2.29 bits per heavy atom. The Hall–Kier alpha value is -2.27. The van der Waals surface area contributed by atoms with Crippen LogP contribution in [0.5, 0.6) is 0 Å². The van der Waals surface area contributed by atoms with Crippen LogP contribution in [0.3, 0.4) is 0 Å². The first kappa shape index (κ1) is 18.1. The average Bonchev–Trinajstić information content (AvgIpc) is 2.61. The second-order valence-corrected chi connectivity index (χ2v) is 6.44. The van der Waals surface area contributed by atoms with Crippen LogP contribution in [0.1, 0.15) is 21.5 Å². The third-order valence-corrected chi connectivity index (χ3v) is 4.39. The zero-order chi connectivity index (χ0) is 17.2. The minimum atomic E-state index is -0.126. The molecule has 2 rings (SSSR count). The Bertz CT molecular complexity index is 657. The van der Waals surface area contributed by atoms with Gasteiger partial charge in [0, 0.05) is 24.4 Å². The van der Waals surface area contributed by atoms with E-state index in [-0.39, 0.29) is 11.8 Å². The van der Waals surface area contributed by atoms with Crippen LogP contribution in [-0.4, -0.2) is 30.7 Å². The van der Waals surface area contributed by atoms with Gasteiger partial charge in [-0.05, 0) is 24.6 Å². The third kappa shape index (κ3) is 6.46. The number of amides is 2. The van der Waals surface area contributed by atoms with Gasteiger partial charge in [-0.15, -0.1) is 11.8 Å². The highest BCUT2D eigenvalue weighted by Gasteiger charge is 2.04. The fourth-order valence-corrected chi connectivity index (χ4v) is 2.88. The van der Waals surface area contributed by atoms with Gasteiger partial charge < -0.3 is 10.6 Å². The van der Waals surface area contributed by atoms with Gasteiger partial charge >= 0.3 is 0 Å². The van der Waals surface area contributed by atoms with Crippen LogP contribution in [0, 0.1) is 6.92 Å². The molecule has 0 aliphatic rings. The number of carbonyl (C=O) groups is 2. The molecule has 0 aromatic heterocycles. The highest BCUT2D eigenvalue weighted by atomic mass is 32.2. The van der Waals surface area contributed by atoms with Crippen molar-refractivity contribution in [1.82, 2.24) is 10.6 Å². The molecule has 4 nitrogen and oxygen atoms in total. The van der Waals surface area contributed by atoms with E-state index in [1.54, 1.807) is 23.9 Å². The van der Waals surface area contributed by atoms with Gasteiger partial charge in [0.2, 0.25) is 5.91 Å². The van der Waals surface area contributed by atoms with Crippen molar-refractivity contribution in [2.45, 2.75) is 12.7 Å². The molecule has 24 heavy (non-hydrogen) atoms. The number of carbonyl (C=O) groups excluding carboxylic acids is 2. The molecular weight excluding hydrogens is 320 g/mol. The molecule has 0 bridgehead atoms. The number of aryl methyl sites for hydroxylation is 1. The van der Waals surface area contributed by atoms with E-state index in [9.17, 15) is 9.59 Å². The Balaban J connectivity index is 1.56. The van der Waals surface area contributed by atoms with Gasteiger partial charge in [0.05, 0.1) is 5.75 Å². The van der Waals surface area contributed by atoms with E-state index in [4.69, 9.17) is 0 Å². The summed E-state index contributed by atoms with van der Waals surface area (Å²) in [5.74, 6) is 1.10. The Kier molecular flexibility index (Phi) is 7.36. The van der Waals surface area contributed by atoms with Gasteiger partial charge in [-0.2, -0.15) is 0 Å². The molecule has 0 unspecified atom stereocenters. The molecule has 0 fully saturated rings. The van der Waals surface area contributed by atoms with Crippen molar-refractivity contribution in [3.05, 3.63) is 71.3 Å². The molecule has 0 aliphatic carbocycles. The fourth-order valence-electron chi connectivity index (χ4n) is 2.07. The largest absolute Gasteiger partial charge is 0.354 e. The van der Waals surface area contributed by atoms with Crippen LogP contribution >= 0.6 is 11.8 Å².